The molecule has 0 saturated carbocycles. The Balaban J connectivity index is 1.77. The number of nitrogens with zero attached hydrogens (tertiary/aromatic N) is 1. The third kappa shape index (κ3) is 3.79. The van der Waals surface area contributed by atoms with Gasteiger partial charge < -0.3 is 10.2 Å². The highest BCUT2D eigenvalue weighted by Gasteiger charge is 2.25. The molecule has 136 valence electrons. The second kappa shape index (κ2) is 8.17. The van der Waals surface area contributed by atoms with Gasteiger partial charge in [-0.25, -0.2) is 0 Å². The van der Waals surface area contributed by atoms with E-state index in [1.807, 2.05) is 48.2 Å². The third-order valence-corrected chi connectivity index (χ3v) is 4.93. The molecule has 1 N–H and O–H groups in total. The number of nitrogens with one attached hydrogen (secondary N) is 1. The van der Waals surface area contributed by atoms with Gasteiger partial charge in [0.05, 0.1) is 6.04 Å². The van der Waals surface area contributed by atoms with Crippen LogP contribution in [-0.2, 0) is 11.2 Å². The molecule has 1 atom stereocenters. The van der Waals surface area contributed by atoms with E-state index in [2.05, 4.69) is 24.4 Å². The minimum atomic E-state index is -0.0598. The normalized spacial score (nSPS) is 14.0. The van der Waals surface area contributed by atoms with Gasteiger partial charge in [0, 0.05) is 24.2 Å². The average molecular weight is 350 g/mol. The minimum absolute atomic E-state index is 0.0140. The molecule has 1 aliphatic rings. The second-order valence-electron chi connectivity index (χ2n) is 6.72. The van der Waals surface area contributed by atoms with E-state index in [-0.39, 0.29) is 17.9 Å². The number of carbonyl (C=O) groups is 2. The highest BCUT2D eigenvalue weighted by atomic mass is 16.2. The van der Waals surface area contributed by atoms with E-state index in [1.165, 1.54) is 0 Å². The van der Waals surface area contributed by atoms with Gasteiger partial charge in [0.15, 0.2) is 0 Å². The topological polar surface area (TPSA) is 49.4 Å². The molecule has 3 rings (SSSR count). The van der Waals surface area contributed by atoms with Crippen molar-refractivity contribution < 1.29 is 9.59 Å². The molecule has 1 aliphatic heterocycles. The molecule has 4 heteroatoms. The van der Waals surface area contributed by atoms with Crippen molar-refractivity contribution >= 4 is 17.5 Å². The van der Waals surface area contributed by atoms with Crippen molar-refractivity contribution in [1.29, 1.82) is 0 Å². The van der Waals surface area contributed by atoms with Gasteiger partial charge in [-0.15, -0.1) is 0 Å². The molecule has 1 heterocycles. The summed E-state index contributed by atoms with van der Waals surface area (Å²) in [7, 11) is 0. The van der Waals surface area contributed by atoms with Gasteiger partial charge in [0.2, 0.25) is 5.91 Å². The van der Waals surface area contributed by atoms with Crippen LogP contribution in [-0.4, -0.2) is 18.4 Å². The molecule has 0 spiro atoms. The maximum absolute atomic E-state index is 12.8. The summed E-state index contributed by atoms with van der Waals surface area (Å²) in [5, 5.41) is 3.17. The molecule has 0 fully saturated rings. The number of rotatable bonds is 6. The molecule has 0 bridgehead atoms. The van der Waals surface area contributed by atoms with Crippen molar-refractivity contribution in [3.8, 4) is 0 Å². The number of amides is 2. The Bertz CT molecular complexity index is 786. The van der Waals surface area contributed by atoms with Crippen molar-refractivity contribution in [3.05, 3.63) is 65.2 Å². The lowest BCUT2D eigenvalue weighted by Crippen LogP contribution is -2.29. The monoisotopic (exact) mass is 350 g/mol. The number of carbonyl (C=O) groups excluding carboxylic acids is 2. The molecule has 2 amide bonds. The van der Waals surface area contributed by atoms with Crippen LogP contribution in [0.25, 0.3) is 0 Å². The van der Waals surface area contributed by atoms with Crippen molar-refractivity contribution in [2.75, 3.05) is 11.4 Å². The van der Waals surface area contributed by atoms with Crippen molar-refractivity contribution in [2.24, 2.45) is 0 Å². The van der Waals surface area contributed by atoms with E-state index < -0.39 is 0 Å². The van der Waals surface area contributed by atoms with Gasteiger partial charge in [-0.05, 0) is 42.2 Å². The molecule has 0 saturated heterocycles. The first-order valence-electron chi connectivity index (χ1n) is 9.43. The number of hydrogen-bond acceptors (Lipinski definition) is 2. The van der Waals surface area contributed by atoms with Gasteiger partial charge in [-0.2, -0.15) is 0 Å². The van der Waals surface area contributed by atoms with Gasteiger partial charge in [-0.1, -0.05) is 50.6 Å². The number of anilines is 1. The molecule has 0 unspecified atom stereocenters. The van der Waals surface area contributed by atoms with Gasteiger partial charge >= 0.3 is 0 Å². The number of fused-ring (bicyclic) bond motifs is 1. The Morgan fingerprint density at radius 2 is 1.88 bits per heavy atom. The smallest absolute Gasteiger partial charge is 0.251 e. The van der Waals surface area contributed by atoms with E-state index in [0.717, 1.165) is 36.1 Å². The summed E-state index contributed by atoms with van der Waals surface area (Å²) in [5.74, 6) is 0.0726. The van der Waals surface area contributed by atoms with E-state index in [9.17, 15) is 9.59 Å². The van der Waals surface area contributed by atoms with Crippen LogP contribution in [0.3, 0.4) is 0 Å². The average Bonchev–Trinajstić information content (AvgIpc) is 3.11. The van der Waals surface area contributed by atoms with E-state index in [1.54, 1.807) is 0 Å². The number of hydrogen-bond donors (Lipinski definition) is 1. The van der Waals surface area contributed by atoms with Crippen LogP contribution in [0.15, 0.2) is 48.5 Å². The van der Waals surface area contributed by atoms with Crippen LogP contribution < -0.4 is 10.2 Å². The highest BCUT2D eigenvalue weighted by molar-refractivity contribution is 5.98. The predicted molar refractivity (Wildman–Crippen MR) is 104 cm³/mol. The first-order chi connectivity index (χ1) is 12.6. The molecule has 0 aliphatic carbocycles. The van der Waals surface area contributed by atoms with Crippen LogP contribution in [0, 0.1) is 0 Å². The Hall–Kier alpha value is -2.62. The molecular weight excluding hydrogens is 324 g/mol. The summed E-state index contributed by atoms with van der Waals surface area (Å²) in [6.07, 6.45) is 3.20. The fourth-order valence-corrected chi connectivity index (χ4v) is 3.53. The molecule has 2 aromatic rings. The second-order valence-corrected chi connectivity index (χ2v) is 6.72. The number of benzene rings is 2. The van der Waals surface area contributed by atoms with Crippen molar-refractivity contribution in [2.45, 2.75) is 45.6 Å². The molecule has 0 aromatic heterocycles. The molecule has 2 aromatic carbocycles. The maximum Gasteiger partial charge on any atom is 0.251 e. The fraction of sp³-hybridized carbons (Fsp3) is 0.364. The van der Waals surface area contributed by atoms with Crippen LogP contribution in [0.4, 0.5) is 5.69 Å². The minimum Gasteiger partial charge on any atom is -0.345 e. The third-order valence-electron chi connectivity index (χ3n) is 4.93. The Morgan fingerprint density at radius 1 is 1.12 bits per heavy atom. The lowest BCUT2D eigenvalue weighted by atomic mass is 10.0. The van der Waals surface area contributed by atoms with E-state index in [0.29, 0.717) is 18.5 Å². The molecule has 26 heavy (non-hydrogen) atoms. The molecule has 0 radical (unpaired) electrons. The zero-order valence-corrected chi connectivity index (χ0v) is 15.5. The lowest BCUT2D eigenvalue weighted by Gasteiger charge is -2.19. The fourth-order valence-electron chi connectivity index (χ4n) is 3.53. The van der Waals surface area contributed by atoms with E-state index in [4.69, 9.17) is 0 Å². The quantitative estimate of drug-likeness (QED) is 0.846. The molecule has 4 nitrogen and oxygen atoms in total. The Labute approximate surface area is 155 Å². The SMILES string of the molecule is CCC[C@H](NC(=O)c1ccc2c(c1)CCN2C(=O)CC)c1ccccc1. The van der Waals surface area contributed by atoms with Gasteiger partial charge in [0.1, 0.15) is 0 Å². The summed E-state index contributed by atoms with van der Waals surface area (Å²) in [5.41, 5.74) is 3.81. The van der Waals surface area contributed by atoms with Crippen LogP contribution in [0.1, 0.15) is 60.6 Å². The van der Waals surface area contributed by atoms with Crippen LogP contribution in [0.5, 0.6) is 0 Å². The van der Waals surface area contributed by atoms with Gasteiger partial charge in [0.25, 0.3) is 5.91 Å². The summed E-state index contributed by atoms with van der Waals surface area (Å²) in [4.78, 5) is 26.6. The lowest BCUT2D eigenvalue weighted by molar-refractivity contribution is -0.118. The molecular formula is C22H26N2O2. The predicted octanol–water partition coefficient (Wildman–Crippen LogP) is 4.26. The summed E-state index contributed by atoms with van der Waals surface area (Å²) < 4.78 is 0. The van der Waals surface area contributed by atoms with Crippen LogP contribution >= 0.6 is 0 Å². The van der Waals surface area contributed by atoms with E-state index >= 15 is 0 Å². The first kappa shape index (κ1) is 18.2. The summed E-state index contributed by atoms with van der Waals surface area (Å²) in [6.45, 7) is 4.70. The largest absolute Gasteiger partial charge is 0.345 e. The Morgan fingerprint density at radius 3 is 2.58 bits per heavy atom. The first-order valence-corrected chi connectivity index (χ1v) is 9.43. The highest BCUT2D eigenvalue weighted by Crippen LogP contribution is 2.29. The summed E-state index contributed by atoms with van der Waals surface area (Å²) in [6, 6.07) is 15.8. The van der Waals surface area contributed by atoms with Crippen molar-refractivity contribution in [1.82, 2.24) is 5.32 Å². The van der Waals surface area contributed by atoms with Crippen molar-refractivity contribution in [3.63, 3.8) is 0 Å². The van der Waals surface area contributed by atoms with Gasteiger partial charge in [-0.3, -0.25) is 9.59 Å². The zero-order valence-electron chi connectivity index (χ0n) is 15.5. The summed E-state index contributed by atoms with van der Waals surface area (Å²) >= 11 is 0. The van der Waals surface area contributed by atoms with Crippen LogP contribution in [0.2, 0.25) is 0 Å². The zero-order chi connectivity index (χ0) is 18.5. The standard InChI is InChI=1S/C22H26N2O2/c1-3-8-19(16-9-6-5-7-10-16)23-22(26)18-11-12-20-17(15-18)13-14-24(20)21(25)4-2/h5-7,9-12,15,19H,3-4,8,13-14H2,1-2H3,(H,23,26)/t19-/m0/s1. The Kier molecular flexibility index (Phi) is 5.71. The maximum atomic E-state index is 12.8.